The van der Waals surface area contributed by atoms with Crippen molar-refractivity contribution in [3.63, 3.8) is 0 Å². The van der Waals surface area contributed by atoms with Crippen LogP contribution in [0.4, 0.5) is 0 Å². The van der Waals surface area contributed by atoms with Gasteiger partial charge in [0, 0.05) is 6.42 Å². The molecule has 43 heavy (non-hydrogen) atoms. The fourth-order valence-electron chi connectivity index (χ4n) is 5.63. The minimum absolute atomic E-state index is 0.0915. The zero-order chi connectivity index (χ0) is 30.5. The third-order valence-electron chi connectivity index (χ3n) is 8.34. The molecule has 0 spiro atoms. The van der Waals surface area contributed by atoms with E-state index < -0.39 is 0 Å². The average Bonchev–Trinajstić information content (AvgIpc) is 3.04. The first-order chi connectivity index (χ1) is 21.1. The maximum atomic E-state index is 12.5. The summed E-state index contributed by atoms with van der Waals surface area (Å²) in [7, 11) is 0. The number of unbranched alkanes of at least 4 members (excludes halogenated alkanes) is 13. The smallest absolute Gasteiger partial charge is 0.306 e. The van der Waals surface area contributed by atoms with E-state index in [1.165, 1.54) is 93.7 Å². The molecule has 0 aromatic heterocycles. The Morgan fingerprint density at radius 3 is 1.58 bits per heavy atom. The molecule has 3 heteroatoms. The lowest BCUT2D eigenvalue weighted by molar-refractivity contribution is -0.148. The summed E-state index contributed by atoms with van der Waals surface area (Å²) in [5, 5.41) is 0. The van der Waals surface area contributed by atoms with Crippen LogP contribution in [-0.2, 0) is 9.53 Å². The summed E-state index contributed by atoms with van der Waals surface area (Å²) in [6, 6.07) is 25.4. The second-order valence-electron chi connectivity index (χ2n) is 12.0. The summed E-state index contributed by atoms with van der Waals surface area (Å²) < 4.78 is 11.7. The number of hydrogen-bond acceptors (Lipinski definition) is 3. The van der Waals surface area contributed by atoms with Gasteiger partial charge in [-0.1, -0.05) is 158 Å². The summed E-state index contributed by atoms with van der Waals surface area (Å²) >= 11 is 0. The Labute approximate surface area is 262 Å². The molecule has 0 heterocycles. The van der Waals surface area contributed by atoms with Crippen molar-refractivity contribution in [2.45, 2.75) is 130 Å². The Balaban J connectivity index is 1.43. The molecule has 0 fully saturated rings. The van der Waals surface area contributed by atoms with Gasteiger partial charge < -0.3 is 9.47 Å². The van der Waals surface area contributed by atoms with E-state index >= 15 is 0 Å². The van der Waals surface area contributed by atoms with Crippen LogP contribution in [0.25, 0.3) is 22.3 Å². The van der Waals surface area contributed by atoms with Crippen LogP contribution in [0, 0.1) is 0 Å². The van der Waals surface area contributed by atoms with Crippen LogP contribution in [0.1, 0.15) is 135 Å². The number of carbonyl (C=O) groups is 1. The van der Waals surface area contributed by atoms with Gasteiger partial charge in [0.25, 0.3) is 0 Å². The number of esters is 1. The molecule has 3 nitrogen and oxygen atoms in total. The topological polar surface area (TPSA) is 35.5 Å². The van der Waals surface area contributed by atoms with Crippen molar-refractivity contribution in [1.29, 1.82) is 0 Å². The van der Waals surface area contributed by atoms with E-state index in [1.54, 1.807) is 0 Å². The SMILES string of the molecule is CCCCCCCCCCCCCC(=O)OC(C)c1ccc(-c2ccccc2-c2ccc(OCCCCCC)cc2)cc1. The largest absolute Gasteiger partial charge is 0.494 e. The fraction of sp³-hybridized carbons (Fsp3) is 0.525. The highest BCUT2D eigenvalue weighted by molar-refractivity contribution is 5.83. The standard InChI is InChI=1S/C40H56O3/c1-4-6-8-10-11-12-13-14-15-16-17-23-40(41)43-33(3)34-24-26-35(27-25-34)38-21-18-19-22-39(38)36-28-30-37(31-29-36)42-32-20-9-7-5-2/h18-19,21-22,24-31,33H,4-17,20,23,32H2,1-3H3. The lowest BCUT2D eigenvalue weighted by Crippen LogP contribution is -2.08. The van der Waals surface area contributed by atoms with Crippen molar-refractivity contribution in [3.8, 4) is 28.0 Å². The van der Waals surface area contributed by atoms with Crippen LogP contribution in [0.15, 0.2) is 72.8 Å². The molecule has 0 N–H and O–H groups in total. The molecule has 0 saturated heterocycles. The van der Waals surface area contributed by atoms with Crippen molar-refractivity contribution in [3.05, 3.63) is 78.4 Å². The number of hydrogen-bond donors (Lipinski definition) is 0. The predicted molar refractivity (Wildman–Crippen MR) is 183 cm³/mol. The van der Waals surface area contributed by atoms with Gasteiger partial charge in [-0.05, 0) is 59.7 Å². The first-order valence-electron chi connectivity index (χ1n) is 17.2. The van der Waals surface area contributed by atoms with Gasteiger partial charge in [-0.2, -0.15) is 0 Å². The molecule has 3 rings (SSSR count). The quantitative estimate of drug-likeness (QED) is 0.0870. The minimum atomic E-state index is -0.251. The van der Waals surface area contributed by atoms with Gasteiger partial charge in [0.2, 0.25) is 0 Å². The van der Waals surface area contributed by atoms with Crippen molar-refractivity contribution in [1.82, 2.24) is 0 Å². The van der Waals surface area contributed by atoms with Crippen molar-refractivity contribution >= 4 is 5.97 Å². The number of carbonyl (C=O) groups excluding carboxylic acids is 1. The summed E-state index contributed by atoms with van der Waals surface area (Å²) in [5.74, 6) is 0.834. The minimum Gasteiger partial charge on any atom is -0.494 e. The Morgan fingerprint density at radius 2 is 1.05 bits per heavy atom. The first kappa shape index (κ1) is 34.4. The molecule has 0 aliphatic carbocycles. The lowest BCUT2D eigenvalue weighted by Gasteiger charge is -2.15. The number of rotatable bonds is 22. The molecule has 1 atom stereocenters. The average molecular weight is 585 g/mol. The van der Waals surface area contributed by atoms with Crippen LogP contribution in [0.2, 0.25) is 0 Å². The zero-order valence-electron chi connectivity index (χ0n) is 27.3. The maximum Gasteiger partial charge on any atom is 0.306 e. The van der Waals surface area contributed by atoms with Gasteiger partial charge in [-0.25, -0.2) is 0 Å². The number of benzene rings is 3. The van der Waals surface area contributed by atoms with Gasteiger partial charge in [0.15, 0.2) is 0 Å². The zero-order valence-corrected chi connectivity index (χ0v) is 27.3. The van der Waals surface area contributed by atoms with Crippen LogP contribution >= 0.6 is 0 Å². The van der Waals surface area contributed by atoms with Gasteiger partial charge in [-0.15, -0.1) is 0 Å². The first-order valence-corrected chi connectivity index (χ1v) is 17.2. The lowest BCUT2D eigenvalue weighted by atomic mass is 9.93. The van der Waals surface area contributed by atoms with Crippen LogP contribution in [0.3, 0.4) is 0 Å². The molecule has 3 aromatic rings. The molecular formula is C40H56O3. The Kier molecular flexibility index (Phi) is 16.6. The van der Waals surface area contributed by atoms with E-state index in [9.17, 15) is 4.79 Å². The second-order valence-corrected chi connectivity index (χ2v) is 12.0. The van der Waals surface area contributed by atoms with Gasteiger partial charge in [-0.3, -0.25) is 4.79 Å². The van der Waals surface area contributed by atoms with E-state index in [2.05, 4.69) is 86.6 Å². The van der Waals surface area contributed by atoms with Crippen molar-refractivity contribution in [2.24, 2.45) is 0 Å². The third-order valence-corrected chi connectivity index (χ3v) is 8.34. The van der Waals surface area contributed by atoms with Crippen LogP contribution < -0.4 is 4.74 Å². The highest BCUT2D eigenvalue weighted by atomic mass is 16.5. The van der Waals surface area contributed by atoms with E-state index in [4.69, 9.17) is 9.47 Å². The van der Waals surface area contributed by atoms with Gasteiger partial charge in [0.1, 0.15) is 11.9 Å². The second kappa shape index (κ2) is 20.8. The van der Waals surface area contributed by atoms with Crippen LogP contribution in [-0.4, -0.2) is 12.6 Å². The molecule has 0 bridgehead atoms. The summed E-state index contributed by atoms with van der Waals surface area (Å²) in [6.07, 6.45) is 19.2. The molecule has 3 aromatic carbocycles. The summed E-state index contributed by atoms with van der Waals surface area (Å²) in [4.78, 5) is 12.5. The highest BCUT2D eigenvalue weighted by Crippen LogP contribution is 2.34. The van der Waals surface area contributed by atoms with Crippen molar-refractivity contribution < 1.29 is 14.3 Å². The molecule has 0 radical (unpaired) electrons. The van der Waals surface area contributed by atoms with E-state index in [1.807, 2.05) is 6.92 Å². The molecular weight excluding hydrogens is 528 g/mol. The third kappa shape index (κ3) is 13.0. The van der Waals surface area contributed by atoms with Crippen LogP contribution in [0.5, 0.6) is 5.75 Å². The van der Waals surface area contributed by atoms with E-state index in [0.29, 0.717) is 6.42 Å². The summed E-state index contributed by atoms with van der Waals surface area (Å²) in [5.41, 5.74) is 5.71. The molecule has 0 aliphatic heterocycles. The normalized spacial score (nSPS) is 11.8. The Bertz CT molecular complexity index is 1150. The van der Waals surface area contributed by atoms with Gasteiger partial charge >= 0.3 is 5.97 Å². The predicted octanol–water partition coefficient (Wildman–Crippen LogP) is 12.3. The Morgan fingerprint density at radius 1 is 0.581 bits per heavy atom. The maximum absolute atomic E-state index is 12.5. The molecule has 0 saturated carbocycles. The Hall–Kier alpha value is -3.07. The van der Waals surface area contributed by atoms with Gasteiger partial charge in [0.05, 0.1) is 6.61 Å². The molecule has 0 aliphatic rings. The monoisotopic (exact) mass is 584 g/mol. The molecule has 234 valence electrons. The molecule has 0 amide bonds. The number of ether oxygens (including phenoxy) is 2. The van der Waals surface area contributed by atoms with E-state index in [-0.39, 0.29) is 12.1 Å². The van der Waals surface area contributed by atoms with Crippen molar-refractivity contribution in [2.75, 3.05) is 6.61 Å². The fourth-order valence-corrected chi connectivity index (χ4v) is 5.63. The summed E-state index contributed by atoms with van der Waals surface area (Å²) in [6.45, 7) is 7.23. The van der Waals surface area contributed by atoms with E-state index in [0.717, 1.165) is 42.7 Å². The molecule has 1 unspecified atom stereocenters. The highest BCUT2D eigenvalue weighted by Gasteiger charge is 2.13.